The van der Waals surface area contributed by atoms with E-state index in [1.54, 1.807) is 19.0 Å². The third kappa shape index (κ3) is 1.46. The molecule has 0 N–H and O–H groups in total. The number of hydrogen-bond acceptors (Lipinski definition) is 2. The molecule has 1 unspecified atom stereocenters. The van der Waals surface area contributed by atoms with Crippen LogP contribution in [0.15, 0.2) is 0 Å². The summed E-state index contributed by atoms with van der Waals surface area (Å²) in [5, 5.41) is 8.94. The van der Waals surface area contributed by atoms with Crippen LogP contribution in [0.3, 0.4) is 0 Å². The zero-order valence-corrected chi connectivity index (χ0v) is 8.53. The average molecular weight is 181 g/mol. The fourth-order valence-electron chi connectivity index (χ4n) is 1.93. The van der Waals surface area contributed by atoms with E-state index in [-0.39, 0.29) is 17.5 Å². The lowest BCUT2D eigenvalue weighted by Crippen LogP contribution is -2.59. The highest BCUT2D eigenvalue weighted by Gasteiger charge is 2.42. The van der Waals surface area contributed by atoms with Gasteiger partial charge in [-0.25, -0.2) is 4.79 Å². The fourth-order valence-corrected chi connectivity index (χ4v) is 1.93. The van der Waals surface area contributed by atoms with Gasteiger partial charge in [0.25, 0.3) is 0 Å². The van der Waals surface area contributed by atoms with Gasteiger partial charge in [-0.2, -0.15) is 5.26 Å². The monoisotopic (exact) mass is 181 g/mol. The highest BCUT2D eigenvalue weighted by atomic mass is 16.2. The predicted molar refractivity (Wildman–Crippen MR) is 49.0 cm³/mol. The van der Waals surface area contributed by atoms with E-state index in [2.05, 4.69) is 6.07 Å². The number of nitrogens with zero attached hydrogens (tertiary/aromatic N) is 3. The lowest BCUT2D eigenvalue weighted by Gasteiger charge is -2.44. The Labute approximate surface area is 78.7 Å². The molecular weight excluding hydrogens is 166 g/mol. The van der Waals surface area contributed by atoms with Crippen LogP contribution in [0.2, 0.25) is 0 Å². The zero-order chi connectivity index (χ0) is 10.2. The number of carbonyl (C=O) groups is 1. The van der Waals surface area contributed by atoms with Crippen LogP contribution in [0.5, 0.6) is 0 Å². The Kier molecular flexibility index (Phi) is 2.21. The quantitative estimate of drug-likeness (QED) is 0.557. The molecule has 0 aliphatic carbocycles. The molecule has 1 aliphatic heterocycles. The van der Waals surface area contributed by atoms with Gasteiger partial charge in [0, 0.05) is 26.1 Å². The van der Waals surface area contributed by atoms with E-state index < -0.39 is 0 Å². The van der Waals surface area contributed by atoms with Gasteiger partial charge in [-0.05, 0) is 0 Å². The molecule has 72 valence electrons. The number of urea groups is 1. The lowest BCUT2D eigenvalue weighted by atomic mass is 9.82. The Hall–Kier alpha value is -1.24. The third-order valence-corrected chi connectivity index (χ3v) is 2.52. The molecule has 1 atom stereocenters. The van der Waals surface area contributed by atoms with Gasteiger partial charge in [-0.3, -0.25) is 0 Å². The van der Waals surface area contributed by atoms with Crippen molar-refractivity contribution in [2.75, 3.05) is 20.6 Å². The summed E-state index contributed by atoms with van der Waals surface area (Å²) in [4.78, 5) is 14.6. The van der Waals surface area contributed by atoms with Gasteiger partial charge in [0.05, 0.1) is 6.07 Å². The van der Waals surface area contributed by atoms with Gasteiger partial charge in [0.2, 0.25) is 0 Å². The Bertz CT molecular complexity index is 267. The molecule has 13 heavy (non-hydrogen) atoms. The summed E-state index contributed by atoms with van der Waals surface area (Å²) >= 11 is 0. The van der Waals surface area contributed by atoms with Gasteiger partial charge >= 0.3 is 6.03 Å². The van der Waals surface area contributed by atoms with Gasteiger partial charge in [0.1, 0.15) is 6.04 Å². The maximum absolute atomic E-state index is 11.5. The molecule has 4 nitrogen and oxygen atoms in total. The molecule has 1 saturated heterocycles. The first-order valence-corrected chi connectivity index (χ1v) is 4.27. The molecule has 4 heteroatoms. The van der Waals surface area contributed by atoms with E-state index in [1.807, 2.05) is 13.8 Å². The highest BCUT2D eigenvalue weighted by molar-refractivity contribution is 5.75. The number of carbonyl (C=O) groups excluding carboxylic acids is 1. The topological polar surface area (TPSA) is 47.3 Å². The predicted octanol–water partition coefficient (Wildman–Crippen LogP) is 0.902. The summed E-state index contributed by atoms with van der Waals surface area (Å²) in [6.07, 6.45) is 0. The van der Waals surface area contributed by atoms with Gasteiger partial charge in [-0.15, -0.1) is 0 Å². The van der Waals surface area contributed by atoms with E-state index in [9.17, 15) is 4.79 Å². The molecule has 0 radical (unpaired) electrons. The molecule has 1 aliphatic rings. The van der Waals surface area contributed by atoms with Crippen molar-refractivity contribution in [2.45, 2.75) is 19.9 Å². The first-order valence-electron chi connectivity index (χ1n) is 4.27. The van der Waals surface area contributed by atoms with Crippen molar-refractivity contribution < 1.29 is 4.79 Å². The van der Waals surface area contributed by atoms with E-state index in [0.29, 0.717) is 6.54 Å². The Morgan fingerprint density at radius 1 is 1.54 bits per heavy atom. The lowest BCUT2D eigenvalue weighted by molar-refractivity contribution is 0.0670. The molecule has 0 aromatic heterocycles. The number of rotatable bonds is 0. The molecule has 0 aromatic carbocycles. The largest absolute Gasteiger partial charge is 0.327 e. The van der Waals surface area contributed by atoms with Gasteiger partial charge in [-0.1, -0.05) is 13.8 Å². The minimum absolute atomic E-state index is 0.0779. The number of amides is 2. The van der Waals surface area contributed by atoms with Crippen LogP contribution >= 0.6 is 0 Å². The molecule has 0 saturated carbocycles. The summed E-state index contributed by atoms with van der Waals surface area (Å²) in [5.74, 6) is 0. The van der Waals surface area contributed by atoms with E-state index in [4.69, 9.17) is 5.26 Å². The summed E-state index contributed by atoms with van der Waals surface area (Å²) in [5.41, 5.74) is -0.161. The van der Waals surface area contributed by atoms with Crippen molar-refractivity contribution in [3.05, 3.63) is 0 Å². The SMILES string of the molecule is CN1CC(C)(C)C(C#N)N(C)C1=O. The van der Waals surface area contributed by atoms with Crippen LogP contribution < -0.4 is 0 Å². The zero-order valence-electron chi connectivity index (χ0n) is 8.53. The minimum Gasteiger partial charge on any atom is -0.327 e. The second kappa shape index (κ2) is 2.91. The molecule has 1 fully saturated rings. The van der Waals surface area contributed by atoms with Crippen molar-refractivity contribution in [3.8, 4) is 6.07 Å². The van der Waals surface area contributed by atoms with E-state index in [0.717, 1.165) is 0 Å². The number of nitriles is 1. The van der Waals surface area contributed by atoms with Crippen LogP contribution in [0.1, 0.15) is 13.8 Å². The maximum atomic E-state index is 11.5. The van der Waals surface area contributed by atoms with E-state index in [1.165, 1.54) is 4.90 Å². The Morgan fingerprint density at radius 2 is 2.08 bits per heavy atom. The van der Waals surface area contributed by atoms with Crippen LogP contribution in [0.4, 0.5) is 4.79 Å². The molecule has 0 spiro atoms. The molecular formula is C9H15N3O. The smallest absolute Gasteiger partial charge is 0.320 e. The fraction of sp³-hybridized carbons (Fsp3) is 0.778. The van der Waals surface area contributed by atoms with Crippen molar-refractivity contribution >= 4 is 6.03 Å². The average Bonchev–Trinajstić information content (AvgIpc) is 2.00. The Morgan fingerprint density at radius 3 is 2.54 bits per heavy atom. The van der Waals surface area contributed by atoms with Crippen molar-refractivity contribution in [3.63, 3.8) is 0 Å². The summed E-state index contributed by atoms with van der Waals surface area (Å²) in [6.45, 7) is 4.63. The third-order valence-electron chi connectivity index (χ3n) is 2.52. The first kappa shape index (κ1) is 9.85. The standard InChI is InChI=1S/C9H15N3O/c1-9(2)6-11(3)8(13)12(4)7(9)5-10/h7H,6H2,1-4H3. The minimum atomic E-state index is -0.323. The molecule has 2 amide bonds. The van der Waals surface area contributed by atoms with Crippen molar-refractivity contribution in [1.29, 1.82) is 5.26 Å². The summed E-state index contributed by atoms with van der Waals surface area (Å²) in [7, 11) is 3.43. The maximum Gasteiger partial charge on any atom is 0.320 e. The normalized spacial score (nSPS) is 27.3. The Balaban J connectivity index is 2.97. The molecule has 0 bridgehead atoms. The van der Waals surface area contributed by atoms with Crippen molar-refractivity contribution in [2.24, 2.45) is 5.41 Å². The molecule has 0 aromatic rings. The second-order valence-electron chi connectivity index (χ2n) is 4.27. The van der Waals surface area contributed by atoms with Crippen LogP contribution in [-0.4, -0.2) is 42.5 Å². The highest BCUT2D eigenvalue weighted by Crippen LogP contribution is 2.29. The summed E-state index contributed by atoms with van der Waals surface area (Å²) < 4.78 is 0. The van der Waals surface area contributed by atoms with Gasteiger partial charge < -0.3 is 9.80 Å². The van der Waals surface area contributed by atoms with Crippen LogP contribution in [-0.2, 0) is 0 Å². The van der Waals surface area contributed by atoms with E-state index >= 15 is 0 Å². The van der Waals surface area contributed by atoms with Crippen LogP contribution in [0, 0.1) is 16.7 Å². The first-order chi connectivity index (χ1) is 5.90. The van der Waals surface area contributed by atoms with Crippen molar-refractivity contribution in [1.82, 2.24) is 9.80 Å². The van der Waals surface area contributed by atoms with Crippen LogP contribution in [0.25, 0.3) is 0 Å². The second-order valence-corrected chi connectivity index (χ2v) is 4.27. The molecule has 1 rings (SSSR count). The molecule has 1 heterocycles. The number of hydrogen-bond donors (Lipinski definition) is 0. The summed E-state index contributed by atoms with van der Waals surface area (Å²) in [6, 6.07) is 1.77. The van der Waals surface area contributed by atoms with Gasteiger partial charge in [0.15, 0.2) is 0 Å².